The van der Waals surface area contributed by atoms with Crippen molar-refractivity contribution in [3.63, 3.8) is 0 Å². The molecule has 3 aromatic heterocycles. The zero-order valence-electron chi connectivity index (χ0n) is 14.8. The van der Waals surface area contributed by atoms with E-state index in [1.54, 1.807) is 12.4 Å². The summed E-state index contributed by atoms with van der Waals surface area (Å²) in [4.78, 5) is 11.9. The highest BCUT2D eigenvalue weighted by molar-refractivity contribution is 5.85. The third-order valence-corrected chi connectivity index (χ3v) is 4.49. The molecule has 0 spiro atoms. The lowest BCUT2D eigenvalue weighted by molar-refractivity contribution is 0.572. The van der Waals surface area contributed by atoms with Crippen molar-refractivity contribution in [3.8, 4) is 22.8 Å². The number of aromatic amines is 2. The van der Waals surface area contributed by atoms with Gasteiger partial charge in [-0.1, -0.05) is 43.0 Å². The molecule has 0 fully saturated rings. The summed E-state index contributed by atoms with van der Waals surface area (Å²) in [6.45, 7) is 4.15. The molecule has 3 N–H and O–H groups in total. The lowest BCUT2D eigenvalue weighted by atomic mass is 10.1. The Morgan fingerprint density at radius 2 is 1.93 bits per heavy atom. The van der Waals surface area contributed by atoms with E-state index >= 15 is 0 Å². The molecular formula is C21H16N6O. The number of fused-ring (bicyclic) bond motifs is 1. The molecule has 0 atom stereocenters. The third kappa shape index (κ3) is 2.84. The average molecular weight is 368 g/mol. The Hall–Kier alpha value is -4.13. The fourth-order valence-electron chi connectivity index (χ4n) is 3.06. The maximum atomic E-state index is 5.32. The highest BCUT2D eigenvalue weighted by atomic mass is 16.3. The van der Waals surface area contributed by atoms with Gasteiger partial charge in [-0.2, -0.15) is 5.10 Å². The number of hydrogen-bond donors (Lipinski definition) is 3. The van der Waals surface area contributed by atoms with Gasteiger partial charge in [-0.25, -0.2) is 9.97 Å². The van der Waals surface area contributed by atoms with Crippen LogP contribution in [0.3, 0.4) is 0 Å². The van der Waals surface area contributed by atoms with Crippen LogP contribution in [0.25, 0.3) is 39.6 Å². The molecule has 7 nitrogen and oxygen atoms in total. The first-order valence-corrected chi connectivity index (χ1v) is 8.72. The van der Waals surface area contributed by atoms with Crippen LogP contribution in [0.5, 0.6) is 0 Å². The second-order valence-electron chi connectivity index (χ2n) is 6.30. The van der Waals surface area contributed by atoms with Crippen LogP contribution in [0.2, 0.25) is 0 Å². The summed E-state index contributed by atoms with van der Waals surface area (Å²) in [7, 11) is 0. The van der Waals surface area contributed by atoms with Gasteiger partial charge >= 0.3 is 0 Å². The van der Waals surface area contributed by atoms with Crippen molar-refractivity contribution in [1.82, 2.24) is 25.1 Å². The monoisotopic (exact) mass is 368 g/mol. The summed E-state index contributed by atoms with van der Waals surface area (Å²) in [6, 6.07) is 15.8. The highest BCUT2D eigenvalue weighted by Crippen LogP contribution is 2.28. The summed E-state index contributed by atoms with van der Waals surface area (Å²) in [5.74, 6) is 1.42. The van der Waals surface area contributed by atoms with Crippen molar-refractivity contribution in [2.24, 2.45) is 0 Å². The SMILES string of the molecule is C=C(Nc1c[nH]nc1-c1nc2ccccc2[nH]1)c1ccc(-c2cnco2)cc1. The Morgan fingerprint density at radius 1 is 1.07 bits per heavy atom. The van der Waals surface area contributed by atoms with E-state index in [4.69, 9.17) is 4.42 Å². The topological polar surface area (TPSA) is 95.4 Å². The van der Waals surface area contributed by atoms with E-state index in [1.807, 2.05) is 48.5 Å². The Morgan fingerprint density at radius 3 is 2.71 bits per heavy atom. The fourth-order valence-corrected chi connectivity index (χ4v) is 3.06. The van der Waals surface area contributed by atoms with Crippen LogP contribution in [-0.4, -0.2) is 25.1 Å². The number of H-pyrrole nitrogens is 2. The lowest BCUT2D eigenvalue weighted by Crippen LogP contribution is -1.98. The van der Waals surface area contributed by atoms with Gasteiger partial charge in [-0.15, -0.1) is 0 Å². The number of para-hydroxylation sites is 2. The molecule has 0 amide bonds. The van der Waals surface area contributed by atoms with E-state index in [9.17, 15) is 0 Å². The van der Waals surface area contributed by atoms with E-state index in [0.29, 0.717) is 11.5 Å². The van der Waals surface area contributed by atoms with Gasteiger partial charge in [-0.3, -0.25) is 5.10 Å². The van der Waals surface area contributed by atoms with Crippen LogP contribution in [0.1, 0.15) is 5.56 Å². The summed E-state index contributed by atoms with van der Waals surface area (Å²) in [6.07, 6.45) is 4.89. The molecule has 5 aromatic rings. The molecule has 0 bridgehead atoms. The van der Waals surface area contributed by atoms with Crippen molar-refractivity contribution in [3.05, 3.63) is 79.5 Å². The molecule has 2 aromatic carbocycles. The van der Waals surface area contributed by atoms with Crippen LogP contribution in [0.15, 0.2) is 78.3 Å². The molecule has 0 aliphatic rings. The number of nitrogens with zero attached hydrogens (tertiary/aromatic N) is 3. The first kappa shape index (κ1) is 16.1. The van der Waals surface area contributed by atoms with E-state index in [0.717, 1.165) is 39.3 Å². The van der Waals surface area contributed by atoms with E-state index in [2.05, 4.69) is 37.0 Å². The molecule has 5 rings (SSSR count). The second kappa shape index (κ2) is 6.55. The fraction of sp³-hybridized carbons (Fsp3) is 0. The maximum absolute atomic E-state index is 5.32. The molecule has 136 valence electrons. The molecule has 0 aliphatic carbocycles. The Kier molecular flexibility index (Phi) is 3.76. The van der Waals surface area contributed by atoms with Crippen LogP contribution in [0, 0.1) is 0 Å². The Labute approximate surface area is 160 Å². The van der Waals surface area contributed by atoms with Crippen molar-refractivity contribution >= 4 is 22.4 Å². The van der Waals surface area contributed by atoms with E-state index < -0.39 is 0 Å². The molecular weight excluding hydrogens is 352 g/mol. The first-order chi connectivity index (χ1) is 13.8. The zero-order chi connectivity index (χ0) is 18.9. The number of rotatable bonds is 5. The zero-order valence-corrected chi connectivity index (χ0v) is 14.8. The molecule has 0 unspecified atom stereocenters. The van der Waals surface area contributed by atoms with Gasteiger partial charge in [0.05, 0.1) is 22.9 Å². The summed E-state index contributed by atoms with van der Waals surface area (Å²) >= 11 is 0. The van der Waals surface area contributed by atoms with Gasteiger partial charge < -0.3 is 14.7 Å². The number of imidazole rings is 1. The highest BCUT2D eigenvalue weighted by Gasteiger charge is 2.14. The van der Waals surface area contributed by atoms with Gasteiger partial charge in [-0.05, 0) is 17.7 Å². The quantitative estimate of drug-likeness (QED) is 0.418. The van der Waals surface area contributed by atoms with Crippen LogP contribution < -0.4 is 5.32 Å². The number of aromatic nitrogens is 5. The maximum Gasteiger partial charge on any atom is 0.181 e. The lowest BCUT2D eigenvalue weighted by Gasteiger charge is -2.09. The van der Waals surface area contributed by atoms with Gasteiger partial charge in [0.15, 0.2) is 23.7 Å². The third-order valence-electron chi connectivity index (χ3n) is 4.49. The summed E-state index contributed by atoms with van der Waals surface area (Å²) in [5, 5.41) is 10.5. The number of anilines is 1. The van der Waals surface area contributed by atoms with Gasteiger partial charge in [0.25, 0.3) is 0 Å². The molecule has 7 heteroatoms. The largest absolute Gasteiger partial charge is 0.444 e. The van der Waals surface area contributed by atoms with Gasteiger partial charge in [0.2, 0.25) is 0 Å². The second-order valence-corrected chi connectivity index (χ2v) is 6.30. The number of hydrogen-bond acceptors (Lipinski definition) is 5. The van der Waals surface area contributed by atoms with E-state index in [1.165, 1.54) is 6.39 Å². The molecule has 0 saturated heterocycles. The minimum atomic E-state index is 0.693. The van der Waals surface area contributed by atoms with Crippen molar-refractivity contribution < 1.29 is 4.42 Å². The predicted octanol–water partition coefficient (Wildman–Crippen LogP) is 4.69. The van der Waals surface area contributed by atoms with Crippen molar-refractivity contribution in [1.29, 1.82) is 0 Å². The molecule has 0 aliphatic heterocycles. The minimum absolute atomic E-state index is 0.693. The number of benzene rings is 2. The van der Waals surface area contributed by atoms with Crippen LogP contribution in [-0.2, 0) is 0 Å². The molecule has 0 saturated carbocycles. The average Bonchev–Trinajstić information content (AvgIpc) is 3.47. The van der Waals surface area contributed by atoms with Gasteiger partial charge in [0.1, 0.15) is 0 Å². The van der Waals surface area contributed by atoms with Crippen molar-refractivity contribution in [2.45, 2.75) is 0 Å². The normalized spacial score (nSPS) is 11.0. The minimum Gasteiger partial charge on any atom is -0.444 e. The molecule has 28 heavy (non-hydrogen) atoms. The summed E-state index contributed by atoms with van der Waals surface area (Å²) in [5.41, 5.74) is 6.03. The van der Waals surface area contributed by atoms with Gasteiger partial charge in [0, 0.05) is 17.5 Å². The Bertz CT molecular complexity index is 1210. The number of oxazole rings is 1. The molecule has 3 heterocycles. The summed E-state index contributed by atoms with van der Waals surface area (Å²) < 4.78 is 5.32. The standard InChI is InChI=1S/C21H16N6O/c1-13(14-6-8-15(9-7-14)19-11-22-12-28-19)24-18-10-23-27-20(18)21-25-16-4-2-3-5-17(16)26-21/h2-12,24H,1H2,(H,23,27)(H,25,26). The predicted molar refractivity (Wildman–Crippen MR) is 108 cm³/mol. The van der Waals surface area contributed by atoms with Crippen molar-refractivity contribution in [2.75, 3.05) is 5.32 Å². The van der Waals surface area contributed by atoms with Crippen LogP contribution in [0.4, 0.5) is 5.69 Å². The first-order valence-electron chi connectivity index (χ1n) is 8.72. The Balaban J connectivity index is 1.39. The molecule has 0 radical (unpaired) electrons. The van der Waals surface area contributed by atoms with E-state index in [-0.39, 0.29) is 0 Å². The number of nitrogens with one attached hydrogen (secondary N) is 3. The smallest absolute Gasteiger partial charge is 0.181 e. The van der Waals surface area contributed by atoms with Crippen LogP contribution >= 0.6 is 0 Å².